The second-order valence-corrected chi connectivity index (χ2v) is 5.35. The van der Waals surface area contributed by atoms with Crippen LogP contribution < -0.4 is 5.32 Å². The van der Waals surface area contributed by atoms with Crippen molar-refractivity contribution < 1.29 is 19.1 Å². The molecule has 6 nitrogen and oxygen atoms in total. The lowest BCUT2D eigenvalue weighted by Gasteiger charge is -2.32. The summed E-state index contributed by atoms with van der Waals surface area (Å²) >= 11 is 0. The van der Waals surface area contributed by atoms with E-state index < -0.39 is 5.60 Å². The molecule has 1 rings (SSSR count). The van der Waals surface area contributed by atoms with E-state index >= 15 is 0 Å². The van der Waals surface area contributed by atoms with Crippen LogP contribution in [-0.4, -0.2) is 61.8 Å². The van der Waals surface area contributed by atoms with Gasteiger partial charge < -0.3 is 14.8 Å². The molecule has 1 atom stereocenters. The van der Waals surface area contributed by atoms with Gasteiger partial charge in [0.05, 0.1) is 13.7 Å². The molecule has 0 bridgehead atoms. The lowest BCUT2D eigenvalue weighted by Crippen LogP contribution is -2.55. The fourth-order valence-corrected chi connectivity index (χ4v) is 1.81. The van der Waals surface area contributed by atoms with Gasteiger partial charge in [0.1, 0.15) is 11.6 Å². The summed E-state index contributed by atoms with van der Waals surface area (Å²) in [4.78, 5) is 25.0. The number of nitrogens with zero attached hydrogens (tertiary/aromatic N) is 1. The Morgan fingerprint density at radius 3 is 2.61 bits per heavy atom. The van der Waals surface area contributed by atoms with Crippen LogP contribution in [0.3, 0.4) is 0 Å². The number of carbonyl (C=O) groups excluding carboxylic acids is 2. The Balaban J connectivity index is 2.43. The van der Waals surface area contributed by atoms with Crippen LogP contribution in [-0.2, 0) is 19.1 Å². The van der Waals surface area contributed by atoms with Crippen LogP contribution in [0.5, 0.6) is 0 Å². The molecule has 1 unspecified atom stereocenters. The molecule has 0 amide bonds. The first kappa shape index (κ1) is 14.9. The first-order valence-electron chi connectivity index (χ1n) is 6.07. The zero-order valence-corrected chi connectivity index (χ0v) is 11.5. The SMILES string of the molecule is COC(=O)C1CN(CC(=O)OC(C)(C)C)CCN1. The minimum absolute atomic E-state index is 0.201. The molecule has 0 aliphatic carbocycles. The number of rotatable bonds is 3. The van der Waals surface area contributed by atoms with E-state index in [0.717, 1.165) is 0 Å². The number of nitrogens with one attached hydrogen (secondary N) is 1. The zero-order valence-electron chi connectivity index (χ0n) is 11.5. The number of methoxy groups -OCH3 is 1. The highest BCUT2D eigenvalue weighted by Crippen LogP contribution is 2.08. The maximum absolute atomic E-state index is 11.7. The van der Waals surface area contributed by atoms with Gasteiger partial charge in [-0.2, -0.15) is 0 Å². The Morgan fingerprint density at radius 1 is 1.39 bits per heavy atom. The van der Waals surface area contributed by atoms with Gasteiger partial charge in [-0.05, 0) is 20.8 Å². The smallest absolute Gasteiger partial charge is 0.324 e. The van der Waals surface area contributed by atoms with E-state index in [1.165, 1.54) is 7.11 Å². The lowest BCUT2D eigenvalue weighted by atomic mass is 10.2. The van der Waals surface area contributed by atoms with Gasteiger partial charge in [0.15, 0.2) is 0 Å². The van der Waals surface area contributed by atoms with Crippen molar-refractivity contribution >= 4 is 11.9 Å². The van der Waals surface area contributed by atoms with Gasteiger partial charge in [-0.1, -0.05) is 0 Å². The first-order valence-corrected chi connectivity index (χ1v) is 6.07. The summed E-state index contributed by atoms with van der Waals surface area (Å²) in [5.41, 5.74) is -0.479. The van der Waals surface area contributed by atoms with Crippen molar-refractivity contribution in [2.75, 3.05) is 33.3 Å². The minimum atomic E-state index is -0.479. The van der Waals surface area contributed by atoms with E-state index in [2.05, 4.69) is 10.1 Å². The number of ether oxygens (including phenoxy) is 2. The average molecular weight is 258 g/mol. The summed E-state index contributed by atoms with van der Waals surface area (Å²) in [5.74, 6) is -0.572. The average Bonchev–Trinajstić information content (AvgIpc) is 2.25. The highest BCUT2D eigenvalue weighted by atomic mass is 16.6. The monoisotopic (exact) mass is 258 g/mol. The summed E-state index contributed by atoms with van der Waals surface area (Å²) in [5, 5.41) is 3.05. The third-order valence-electron chi connectivity index (χ3n) is 2.52. The number of esters is 2. The Morgan fingerprint density at radius 2 is 2.06 bits per heavy atom. The van der Waals surface area contributed by atoms with E-state index in [9.17, 15) is 9.59 Å². The van der Waals surface area contributed by atoms with Gasteiger partial charge in [-0.25, -0.2) is 0 Å². The maximum Gasteiger partial charge on any atom is 0.324 e. The molecule has 0 spiro atoms. The molecule has 1 N–H and O–H groups in total. The molecule has 1 fully saturated rings. The lowest BCUT2D eigenvalue weighted by molar-refractivity contribution is -0.157. The summed E-state index contributed by atoms with van der Waals surface area (Å²) in [6, 6.07) is -0.369. The highest BCUT2D eigenvalue weighted by Gasteiger charge is 2.28. The summed E-state index contributed by atoms with van der Waals surface area (Å²) in [6.45, 7) is 7.54. The Bertz CT molecular complexity index is 312. The summed E-state index contributed by atoms with van der Waals surface area (Å²) in [7, 11) is 1.36. The quantitative estimate of drug-likeness (QED) is 0.706. The fraction of sp³-hybridized carbons (Fsp3) is 0.833. The van der Waals surface area contributed by atoms with Gasteiger partial charge in [0, 0.05) is 19.6 Å². The predicted molar refractivity (Wildman–Crippen MR) is 66.1 cm³/mol. The molecule has 104 valence electrons. The van der Waals surface area contributed by atoms with Crippen LogP contribution in [0.15, 0.2) is 0 Å². The van der Waals surface area contributed by atoms with Crippen molar-refractivity contribution in [3.8, 4) is 0 Å². The van der Waals surface area contributed by atoms with Crippen molar-refractivity contribution in [2.24, 2.45) is 0 Å². The number of hydrogen-bond donors (Lipinski definition) is 1. The van der Waals surface area contributed by atoms with Gasteiger partial charge in [0.2, 0.25) is 0 Å². The Hall–Kier alpha value is -1.14. The van der Waals surface area contributed by atoms with Crippen LogP contribution in [0.25, 0.3) is 0 Å². The van der Waals surface area contributed by atoms with Crippen LogP contribution in [0.1, 0.15) is 20.8 Å². The maximum atomic E-state index is 11.7. The number of piperazine rings is 1. The molecular weight excluding hydrogens is 236 g/mol. The van der Waals surface area contributed by atoms with Gasteiger partial charge in [0.25, 0.3) is 0 Å². The highest BCUT2D eigenvalue weighted by molar-refractivity contribution is 5.76. The molecule has 6 heteroatoms. The second kappa shape index (κ2) is 6.15. The third kappa shape index (κ3) is 5.01. The second-order valence-electron chi connectivity index (χ2n) is 5.35. The van der Waals surface area contributed by atoms with Crippen molar-refractivity contribution in [3.05, 3.63) is 0 Å². The van der Waals surface area contributed by atoms with Gasteiger partial charge >= 0.3 is 11.9 Å². The standard InChI is InChI=1S/C12H22N2O4/c1-12(2,3)18-10(15)8-14-6-5-13-9(7-14)11(16)17-4/h9,13H,5-8H2,1-4H3. The minimum Gasteiger partial charge on any atom is -0.468 e. The van der Waals surface area contributed by atoms with Crippen LogP contribution >= 0.6 is 0 Å². The van der Waals surface area contributed by atoms with E-state index in [0.29, 0.717) is 19.6 Å². The molecule has 0 radical (unpaired) electrons. The molecule has 1 aliphatic rings. The third-order valence-corrected chi connectivity index (χ3v) is 2.52. The molecule has 1 heterocycles. The van der Waals surface area contributed by atoms with Gasteiger partial charge in [-0.15, -0.1) is 0 Å². The molecule has 0 aromatic carbocycles. The van der Waals surface area contributed by atoms with E-state index in [-0.39, 0.29) is 24.5 Å². The van der Waals surface area contributed by atoms with E-state index in [1.807, 2.05) is 25.7 Å². The first-order chi connectivity index (χ1) is 8.31. The van der Waals surface area contributed by atoms with E-state index in [4.69, 9.17) is 4.74 Å². The van der Waals surface area contributed by atoms with Crippen molar-refractivity contribution in [3.63, 3.8) is 0 Å². The van der Waals surface area contributed by atoms with Crippen LogP contribution in [0.2, 0.25) is 0 Å². The van der Waals surface area contributed by atoms with Crippen molar-refractivity contribution in [1.82, 2.24) is 10.2 Å². The molecular formula is C12H22N2O4. The summed E-state index contributed by atoms with van der Waals surface area (Å²) in [6.07, 6.45) is 0. The molecule has 1 saturated heterocycles. The normalized spacial score (nSPS) is 21.4. The molecule has 18 heavy (non-hydrogen) atoms. The molecule has 0 saturated carbocycles. The predicted octanol–water partition coefficient (Wildman–Crippen LogP) is -0.225. The van der Waals surface area contributed by atoms with Gasteiger partial charge in [-0.3, -0.25) is 14.5 Å². The van der Waals surface area contributed by atoms with Crippen LogP contribution in [0, 0.1) is 0 Å². The molecule has 0 aromatic rings. The van der Waals surface area contributed by atoms with Crippen molar-refractivity contribution in [1.29, 1.82) is 0 Å². The largest absolute Gasteiger partial charge is 0.468 e. The fourth-order valence-electron chi connectivity index (χ4n) is 1.81. The Kier molecular flexibility index (Phi) is 5.10. The van der Waals surface area contributed by atoms with E-state index in [1.54, 1.807) is 0 Å². The topological polar surface area (TPSA) is 67.9 Å². The summed E-state index contributed by atoms with van der Waals surface area (Å²) < 4.78 is 9.92. The Labute approximate surface area is 108 Å². The zero-order chi connectivity index (χ0) is 13.8. The molecule has 0 aromatic heterocycles. The van der Waals surface area contributed by atoms with Crippen molar-refractivity contribution in [2.45, 2.75) is 32.4 Å². The number of carbonyl (C=O) groups is 2. The number of hydrogen-bond acceptors (Lipinski definition) is 6. The molecule has 1 aliphatic heterocycles. The van der Waals surface area contributed by atoms with Crippen LogP contribution in [0.4, 0.5) is 0 Å².